The Kier molecular flexibility index (Phi) is 6.95. The molecule has 0 amide bonds. The van der Waals surface area contributed by atoms with Gasteiger partial charge in [0.15, 0.2) is 11.5 Å². The summed E-state index contributed by atoms with van der Waals surface area (Å²) in [6.07, 6.45) is 0. The summed E-state index contributed by atoms with van der Waals surface area (Å²) in [5, 5.41) is 22.7. The summed E-state index contributed by atoms with van der Waals surface area (Å²) in [5.74, 6) is -0.403. The molecule has 1 aliphatic rings. The maximum Gasteiger partial charge on any atom is 0.296 e. The number of hydrogen-bond donors (Lipinski definition) is 2. The Balaban J connectivity index is 1.46. The highest BCUT2D eigenvalue weighted by atomic mass is 32.2. The van der Waals surface area contributed by atoms with Crippen LogP contribution < -0.4 is 5.43 Å². The van der Waals surface area contributed by atoms with Crippen LogP contribution in [-0.4, -0.2) is 34.1 Å². The number of hydrazone groups is 1. The van der Waals surface area contributed by atoms with Crippen LogP contribution in [0.25, 0.3) is 22.2 Å². The van der Waals surface area contributed by atoms with Crippen molar-refractivity contribution in [3.05, 3.63) is 114 Å². The van der Waals surface area contributed by atoms with Gasteiger partial charge < -0.3 is 0 Å². The summed E-state index contributed by atoms with van der Waals surface area (Å²) in [7, 11) is -4.76. The number of nitrogens with zero attached hydrogens (tertiary/aromatic N) is 6. The van der Waals surface area contributed by atoms with Crippen molar-refractivity contribution in [1.29, 1.82) is 5.26 Å². The van der Waals surface area contributed by atoms with Crippen LogP contribution in [-0.2, 0) is 10.1 Å². The van der Waals surface area contributed by atoms with Gasteiger partial charge in [-0.1, -0.05) is 60.2 Å². The molecular weight excluding hydrogens is 566 g/mol. The first-order valence-electron chi connectivity index (χ1n) is 12.9. The number of hydrogen-bond acceptors (Lipinski definition) is 9. The fraction of sp³-hybridized carbons (Fsp3) is 0.0323. The molecule has 12 heteroatoms. The average Bonchev–Trinajstić information content (AvgIpc) is 3.40. The van der Waals surface area contributed by atoms with Gasteiger partial charge in [-0.2, -0.15) is 29.0 Å². The highest BCUT2D eigenvalue weighted by molar-refractivity contribution is 7.86. The zero-order chi connectivity index (χ0) is 30.1. The number of aromatic nitrogens is 2. The van der Waals surface area contributed by atoms with Crippen molar-refractivity contribution in [3.8, 4) is 6.07 Å². The molecule has 2 heterocycles. The number of allylic oxidation sites excluding steroid dienone is 2. The van der Waals surface area contributed by atoms with Gasteiger partial charge in [-0.15, -0.1) is 0 Å². The van der Waals surface area contributed by atoms with E-state index in [0.29, 0.717) is 22.3 Å². The Labute approximate surface area is 245 Å². The lowest BCUT2D eigenvalue weighted by atomic mass is 9.92. The Bertz CT molecular complexity index is 2160. The second kappa shape index (κ2) is 10.9. The van der Waals surface area contributed by atoms with Crippen LogP contribution in [0.3, 0.4) is 0 Å². The highest BCUT2D eigenvalue weighted by Gasteiger charge is 2.35. The number of rotatable bonds is 6. The zero-order valence-electron chi connectivity index (χ0n) is 22.5. The van der Waals surface area contributed by atoms with E-state index in [9.17, 15) is 23.0 Å². The van der Waals surface area contributed by atoms with Gasteiger partial charge in [0.05, 0.1) is 28.1 Å². The summed E-state index contributed by atoms with van der Waals surface area (Å²) in [4.78, 5) is 18.0. The number of benzene rings is 4. The fourth-order valence-electron chi connectivity index (χ4n) is 4.66. The lowest BCUT2D eigenvalue weighted by Gasteiger charge is -2.20. The minimum atomic E-state index is -4.76. The topological polar surface area (TPSA) is 162 Å². The molecule has 0 saturated heterocycles. The van der Waals surface area contributed by atoms with Crippen molar-refractivity contribution in [2.75, 3.05) is 5.43 Å². The smallest absolute Gasteiger partial charge is 0.282 e. The number of nitriles is 1. The molecule has 0 saturated carbocycles. The summed E-state index contributed by atoms with van der Waals surface area (Å²) in [6.45, 7) is 1.94. The monoisotopic (exact) mass is 587 g/mol. The van der Waals surface area contributed by atoms with Gasteiger partial charge >= 0.3 is 0 Å². The summed E-state index contributed by atoms with van der Waals surface area (Å²) < 4.78 is 36.0. The minimum Gasteiger partial charge on any atom is -0.282 e. The Hall–Kier alpha value is -5.77. The molecule has 2 N–H and O–H groups in total. The van der Waals surface area contributed by atoms with Crippen molar-refractivity contribution in [2.24, 2.45) is 15.3 Å². The number of carbonyl (C=O) groups excluding carboxylic acids is 1. The van der Waals surface area contributed by atoms with Crippen molar-refractivity contribution in [3.63, 3.8) is 0 Å². The fourth-order valence-corrected chi connectivity index (χ4v) is 5.32. The van der Waals surface area contributed by atoms with E-state index in [1.165, 1.54) is 16.7 Å². The number of para-hydroxylation sites is 2. The minimum absolute atomic E-state index is 0.115. The van der Waals surface area contributed by atoms with Gasteiger partial charge in [0.1, 0.15) is 16.5 Å². The van der Waals surface area contributed by atoms with Gasteiger partial charge in [-0.25, -0.2) is 4.98 Å². The molecule has 11 nitrogen and oxygen atoms in total. The van der Waals surface area contributed by atoms with Crippen molar-refractivity contribution < 1.29 is 17.8 Å². The lowest BCUT2D eigenvalue weighted by molar-refractivity contribution is 0.0994. The van der Waals surface area contributed by atoms with Crippen LogP contribution in [0.5, 0.6) is 0 Å². The maximum atomic E-state index is 13.9. The molecule has 0 unspecified atom stereocenters. The molecular formula is C31H21N7O4S. The number of imidazole rings is 1. The summed E-state index contributed by atoms with van der Waals surface area (Å²) >= 11 is 0. The molecule has 5 aromatic rings. The molecule has 4 aromatic carbocycles. The second-order valence-corrected chi connectivity index (χ2v) is 10.9. The molecule has 0 bridgehead atoms. The van der Waals surface area contributed by atoms with Gasteiger partial charge in [-0.05, 0) is 55.0 Å². The Morgan fingerprint density at radius 2 is 1.58 bits per heavy atom. The summed E-state index contributed by atoms with van der Waals surface area (Å²) in [6, 6.07) is 29.1. The molecule has 43 heavy (non-hydrogen) atoms. The third kappa shape index (κ3) is 5.21. The number of fused-ring (bicyclic) bond motifs is 3. The van der Waals surface area contributed by atoms with E-state index in [4.69, 9.17) is 0 Å². The summed E-state index contributed by atoms with van der Waals surface area (Å²) in [5.41, 5.74) is 5.99. The molecule has 0 fully saturated rings. The maximum absolute atomic E-state index is 13.9. The Morgan fingerprint density at radius 3 is 2.30 bits per heavy atom. The van der Waals surface area contributed by atoms with E-state index >= 15 is 0 Å². The van der Waals surface area contributed by atoms with Crippen molar-refractivity contribution in [1.82, 2.24) is 9.55 Å². The molecule has 0 atom stereocenters. The first-order valence-corrected chi connectivity index (χ1v) is 14.3. The number of anilines is 1. The van der Waals surface area contributed by atoms with Crippen molar-refractivity contribution >= 4 is 61.0 Å². The van der Waals surface area contributed by atoms with Crippen LogP contribution in [0, 0.1) is 18.3 Å². The van der Waals surface area contributed by atoms with Crippen molar-refractivity contribution in [2.45, 2.75) is 11.8 Å². The van der Waals surface area contributed by atoms with Crippen LogP contribution in [0.2, 0.25) is 0 Å². The van der Waals surface area contributed by atoms with Gasteiger partial charge in [0, 0.05) is 5.57 Å². The molecule has 210 valence electrons. The van der Waals surface area contributed by atoms with Crippen LogP contribution in [0.4, 0.5) is 17.1 Å². The van der Waals surface area contributed by atoms with E-state index in [1.54, 1.807) is 66.7 Å². The molecule has 0 spiro atoms. The molecule has 0 radical (unpaired) electrons. The van der Waals surface area contributed by atoms with Gasteiger partial charge in [-0.3, -0.25) is 19.3 Å². The predicted molar refractivity (Wildman–Crippen MR) is 162 cm³/mol. The van der Waals surface area contributed by atoms with E-state index in [1.807, 2.05) is 19.1 Å². The molecule has 1 aromatic heterocycles. The SMILES string of the molecule is Cc1ccc(N=Nc2ccc(N/N=C3/C(=O)n4c(nc5ccccc54)C(C#N)=C3c3ccccc3)c(S(=O)(=O)O)c2)cc1. The average molecular weight is 588 g/mol. The van der Waals surface area contributed by atoms with Crippen LogP contribution >= 0.6 is 0 Å². The van der Waals surface area contributed by atoms with E-state index in [2.05, 4.69) is 31.8 Å². The number of nitrogens with one attached hydrogen (secondary N) is 1. The van der Waals surface area contributed by atoms with Gasteiger partial charge in [0.2, 0.25) is 0 Å². The number of carbonyl (C=O) groups is 1. The zero-order valence-corrected chi connectivity index (χ0v) is 23.3. The quantitative estimate of drug-likeness (QED) is 0.129. The largest absolute Gasteiger partial charge is 0.296 e. The van der Waals surface area contributed by atoms with E-state index in [0.717, 1.165) is 11.6 Å². The molecule has 6 rings (SSSR count). The third-order valence-electron chi connectivity index (χ3n) is 6.70. The van der Waals surface area contributed by atoms with E-state index in [-0.39, 0.29) is 34.1 Å². The normalized spacial score (nSPS) is 14.3. The predicted octanol–water partition coefficient (Wildman–Crippen LogP) is 6.56. The standard InChI is InChI=1S/C31H21N7O4S/c1-19-11-13-21(14-12-19)34-35-22-15-16-25(27(17-22)43(40,41)42)36-37-29-28(20-7-3-2-4-8-20)23(18-32)30-33-24-9-5-6-10-26(24)38(30)31(29)39/h2-17,36H,1H3,(H,40,41,42)/b35-34?,37-29+. The first kappa shape index (κ1) is 27.4. The lowest BCUT2D eigenvalue weighted by Crippen LogP contribution is -2.30. The van der Waals surface area contributed by atoms with Gasteiger partial charge in [0.25, 0.3) is 16.0 Å². The second-order valence-electron chi connectivity index (χ2n) is 9.56. The third-order valence-corrected chi connectivity index (χ3v) is 7.59. The highest BCUT2D eigenvalue weighted by Crippen LogP contribution is 2.35. The number of azo groups is 1. The number of aryl methyl sites for hydroxylation is 1. The molecule has 1 aliphatic heterocycles. The van der Waals surface area contributed by atoms with E-state index < -0.39 is 20.9 Å². The Morgan fingerprint density at radius 1 is 0.907 bits per heavy atom. The first-order chi connectivity index (χ1) is 20.7. The molecule has 0 aliphatic carbocycles. The van der Waals surface area contributed by atoms with Crippen LogP contribution in [0.15, 0.2) is 117 Å². The van der Waals surface area contributed by atoms with Crippen LogP contribution in [0.1, 0.15) is 21.7 Å².